The van der Waals surface area contributed by atoms with E-state index in [9.17, 15) is 21.8 Å². The molecule has 2 N–H and O–H groups in total. The first kappa shape index (κ1) is 27.0. The summed E-state index contributed by atoms with van der Waals surface area (Å²) in [7, 11) is -8.45. The van der Waals surface area contributed by atoms with E-state index in [4.69, 9.17) is 26.1 Å². The minimum absolute atomic E-state index is 0.0101. The number of alkyl halides is 2. The van der Waals surface area contributed by atoms with Crippen molar-refractivity contribution >= 4 is 29.2 Å². The van der Waals surface area contributed by atoms with Crippen LogP contribution < -0.4 is 4.74 Å². The highest BCUT2D eigenvalue weighted by molar-refractivity contribution is 7.89. The van der Waals surface area contributed by atoms with E-state index < -0.39 is 33.9 Å². The molecule has 1 aliphatic carbocycles. The van der Waals surface area contributed by atoms with Crippen LogP contribution in [0.4, 0.5) is 8.78 Å². The Labute approximate surface area is 202 Å². The number of methoxy groups -OCH3 is 1. The van der Waals surface area contributed by atoms with Crippen LogP contribution in [0, 0.1) is 5.92 Å². The summed E-state index contributed by atoms with van der Waals surface area (Å²) < 4.78 is 73.3. The summed E-state index contributed by atoms with van der Waals surface area (Å²) in [6.07, 6.45) is 4.87. The van der Waals surface area contributed by atoms with E-state index >= 15 is 0 Å². The van der Waals surface area contributed by atoms with E-state index in [0.29, 0.717) is 5.56 Å². The Morgan fingerprint density at radius 1 is 1.15 bits per heavy atom. The first-order valence-corrected chi connectivity index (χ1v) is 14.2. The van der Waals surface area contributed by atoms with Crippen LogP contribution in [0.1, 0.15) is 43.2 Å². The molecule has 3 rings (SSSR count). The zero-order chi connectivity index (χ0) is 25.1. The van der Waals surface area contributed by atoms with Crippen LogP contribution in [0.15, 0.2) is 47.4 Å². The molecule has 0 aliphatic heterocycles. The van der Waals surface area contributed by atoms with Crippen molar-refractivity contribution in [3.63, 3.8) is 0 Å². The second-order valence-electron chi connectivity index (χ2n) is 8.35. The Morgan fingerprint density at radius 2 is 1.79 bits per heavy atom. The van der Waals surface area contributed by atoms with Crippen LogP contribution in [0.25, 0.3) is 0 Å². The van der Waals surface area contributed by atoms with Gasteiger partial charge in [-0.1, -0.05) is 55.1 Å². The predicted octanol–water partition coefficient (Wildman–Crippen LogP) is 5.35. The Bertz CT molecular complexity index is 1170. The molecule has 1 aliphatic rings. The van der Waals surface area contributed by atoms with Gasteiger partial charge in [0.1, 0.15) is 10.6 Å². The number of halogens is 3. The highest BCUT2D eigenvalue weighted by Crippen LogP contribution is 2.60. The molecule has 0 aromatic heterocycles. The summed E-state index contributed by atoms with van der Waals surface area (Å²) >= 11 is 5.96. The Hall–Kier alpha value is -1.55. The van der Waals surface area contributed by atoms with Crippen molar-refractivity contribution in [2.24, 2.45) is 5.92 Å². The fourth-order valence-corrected chi connectivity index (χ4v) is 6.69. The number of hydrogen-bond acceptors (Lipinski definition) is 4. The van der Waals surface area contributed by atoms with Gasteiger partial charge in [0.25, 0.3) is 0 Å². The molecule has 0 atom stereocenters. The molecule has 12 heteroatoms. The number of para-hydroxylation sites is 1. The van der Waals surface area contributed by atoms with Gasteiger partial charge in [-0.3, -0.25) is 4.57 Å². The van der Waals surface area contributed by atoms with E-state index in [-0.39, 0.29) is 29.7 Å². The third-order valence-electron chi connectivity index (χ3n) is 5.96. The van der Waals surface area contributed by atoms with Gasteiger partial charge in [-0.25, -0.2) is 8.42 Å². The summed E-state index contributed by atoms with van der Waals surface area (Å²) in [6.45, 7) is 0.0801. The Morgan fingerprint density at radius 3 is 2.38 bits per heavy atom. The molecule has 188 valence electrons. The molecule has 0 unspecified atom stereocenters. The Kier molecular flexibility index (Phi) is 8.43. The Balaban J connectivity index is 1.98. The number of sulfonamides is 1. The minimum Gasteiger partial charge on any atom is -0.495 e. The average molecular weight is 538 g/mol. The summed E-state index contributed by atoms with van der Waals surface area (Å²) in [5, 5.41) is -0.557. The second kappa shape index (κ2) is 10.6. The maximum atomic E-state index is 14.2. The van der Waals surface area contributed by atoms with Crippen LogP contribution in [-0.4, -0.2) is 36.2 Å². The van der Waals surface area contributed by atoms with Crippen molar-refractivity contribution in [2.75, 3.05) is 13.7 Å². The molecule has 0 amide bonds. The summed E-state index contributed by atoms with van der Waals surface area (Å²) in [4.78, 5) is 18.0. The zero-order valence-electron chi connectivity index (χ0n) is 18.5. The molecule has 2 aromatic rings. The molecule has 0 spiro atoms. The summed E-state index contributed by atoms with van der Waals surface area (Å²) in [5.74, 6) is 0.331. The quantitative estimate of drug-likeness (QED) is 0.418. The lowest BCUT2D eigenvalue weighted by Crippen LogP contribution is -2.36. The molecule has 0 heterocycles. The predicted molar refractivity (Wildman–Crippen MR) is 125 cm³/mol. The van der Waals surface area contributed by atoms with Crippen molar-refractivity contribution in [1.29, 1.82) is 0 Å². The van der Waals surface area contributed by atoms with Gasteiger partial charge in [0, 0.05) is 13.1 Å². The van der Waals surface area contributed by atoms with Crippen molar-refractivity contribution in [3.8, 4) is 5.75 Å². The molecule has 0 bridgehead atoms. The molecule has 0 radical (unpaired) electrons. The van der Waals surface area contributed by atoms with Gasteiger partial charge in [-0.2, -0.15) is 13.1 Å². The van der Waals surface area contributed by atoms with Gasteiger partial charge in [0.15, 0.2) is 0 Å². The monoisotopic (exact) mass is 537 g/mol. The second-order valence-corrected chi connectivity index (χ2v) is 12.3. The van der Waals surface area contributed by atoms with Crippen molar-refractivity contribution < 1.29 is 36.3 Å². The van der Waals surface area contributed by atoms with Crippen LogP contribution >= 0.6 is 19.2 Å². The molecule has 1 fully saturated rings. The molecular formula is C22H27ClF2NO6PS. The van der Waals surface area contributed by atoms with Crippen molar-refractivity contribution in [3.05, 3.63) is 58.6 Å². The zero-order valence-corrected chi connectivity index (χ0v) is 21.0. The van der Waals surface area contributed by atoms with Crippen molar-refractivity contribution in [2.45, 2.75) is 49.2 Å². The average Bonchev–Trinajstić information content (AvgIpc) is 2.78. The van der Waals surface area contributed by atoms with Crippen molar-refractivity contribution in [1.82, 2.24) is 4.31 Å². The molecule has 34 heavy (non-hydrogen) atoms. The smallest absolute Gasteiger partial charge is 0.399 e. The molecular weight excluding hydrogens is 511 g/mol. The third-order valence-corrected chi connectivity index (χ3v) is 9.09. The SMILES string of the molecule is COc1ccccc1S(=O)(=O)N(Cc1ccc(C(F)(F)P(=O)(O)O)c(Cl)c1)CC1CCCCC1. The topological polar surface area (TPSA) is 104 Å². The van der Waals surface area contributed by atoms with E-state index in [1.165, 1.54) is 23.5 Å². The third kappa shape index (κ3) is 5.80. The first-order valence-electron chi connectivity index (χ1n) is 10.7. The van der Waals surface area contributed by atoms with Gasteiger partial charge in [0.2, 0.25) is 10.0 Å². The molecule has 7 nitrogen and oxygen atoms in total. The van der Waals surface area contributed by atoms with E-state index in [1.54, 1.807) is 18.2 Å². The summed E-state index contributed by atoms with van der Waals surface area (Å²) in [6, 6.07) is 9.38. The van der Waals surface area contributed by atoms with Gasteiger partial charge in [-0.05, 0) is 42.5 Å². The number of ether oxygens (including phenoxy) is 1. The number of hydrogen-bond donors (Lipinski definition) is 2. The summed E-state index contributed by atoms with van der Waals surface area (Å²) in [5.41, 5.74) is -5.17. The van der Waals surface area contributed by atoms with E-state index in [1.807, 2.05) is 0 Å². The van der Waals surface area contributed by atoms with Gasteiger partial charge < -0.3 is 14.5 Å². The maximum absolute atomic E-state index is 14.2. The normalized spacial score (nSPS) is 16.1. The number of benzene rings is 2. The van der Waals surface area contributed by atoms with Crippen LogP contribution in [-0.2, 0) is 26.8 Å². The van der Waals surface area contributed by atoms with Gasteiger partial charge in [-0.15, -0.1) is 0 Å². The van der Waals surface area contributed by atoms with E-state index in [0.717, 1.165) is 44.2 Å². The lowest BCUT2D eigenvalue weighted by Gasteiger charge is -2.30. The number of rotatable bonds is 9. The van der Waals surface area contributed by atoms with Crippen LogP contribution in [0.2, 0.25) is 5.02 Å². The van der Waals surface area contributed by atoms with Crippen LogP contribution in [0.3, 0.4) is 0 Å². The first-order chi connectivity index (χ1) is 15.9. The lowest BCUT2D eigenvalue weighted by molar-refractivity contribution is 0.0565. The van der Waals surface area contributed by atoms with Gasteiger partial charge >= 0.3 is 13.3 Å². The lowest BCUT2D eigenvalue weighted by atomic mass is 9.89. The molecule has 0 saturated heterocycles. The highest BCUT2D eigenvalue weighted by atomic mass is 35.5. The minimum atomic E-state index is -5.80. The number of nitrogens with zero attached hydrogens (tertiary/aromatic N) is 1. The molecule has 2 aromatic carbocycles. The largest absolute Gasteiger partial charge is 0.495 e. The fourth-order valence-electron chi connectivity index (χ4n) is 4.14. The van der Waals surface area contributed by atoms with Gasteiger partial charge in [0.05, 0.1) is 17.7 Å². The highest BCUT2D eigenvalue weighted by Gasteiger charge is 2.51. The van der Waals surface area contributed by atoms with E-state index in [2.05, 4.69) is 0 Å². The maximum Gasteiger partial charge on any atom is 0.399 e. The van der Waals surface area contributed by atoms with Crippen LogP contribution in [0.5, 0.6) is 5.75 Å². The standard InChI is InChI=1S/C22H27ClF2NO6PS/c1-32-20-9-5-6-10-21(20)34(30,31)26(14-16-7-3-2-4-8-16)15-17-11-12-18(19(23)13-17)22(24,25)33(27,28)29/h5-6,9-13,16H,2-4,7-8,14-15H2,1H3,(H2,27,28,29). The fraction of sp³-hybridized carbons (Fsp3) is 0.455. The molecule has 1 saturated carbocycles.